The Kier molecular flexibility index (Phi) is 8.67. The van der Waals surface area contributed by atoms with E-state index in [1.165, 1.54) is 16.7 Å². The fraction of sp³-hybridized carbons (Fsp3) is 0.467. The molecule has 3 aromatic rings. The molecule has 0 bridgehead atoms. The van der Waals surface area contributed by atoms with E-state index in [2.05, 4.69) is 6.92 Å². The predicted molar refractivity (Wildman–Crippen MR) is 149 cm³/mol. The number of aromatic nitrogens is 1. The van der Waals surface area contributed by atoms with Crippen LogP contribution in [0.25, 0.3) is 10.9 Å². The van der Waals surface area contributed by atoms with Gasteiger partial charge >= 0.3 is 12.1 Å². The first-order chi connectivity index (χ1) is 18.6. The van der Waals surface area contributed by atoms with Crippen LogP contribution in [0.3, 0.4) is 0 Å². The van der Waals surface area contributed by atoms with Gasteiger partial charge < -0.3 is 19.1 Å². The Hall–Kier alpha value is -3.75. The fourth-order valence-electron chi connectivity index (χ4n) is 4.73. The molecule has 1 aliphatic heterocycles. The second kappa shape index (κ2) is 12.0. The Bertz CT molecular complexity index is 1330. The Labute approximate surface area is 229 Å². The molecule has 210 valence electrons. The minimum absolute atomic E-state index is 0.174. The maximum atomic E-state index is 14.7. The van der Waals surface area contributed by atoms with E-state index in [1.807, 2.05) is 18.2 Å². The Morgan fingerprint density at radius 1 is 1.05 bits per heavy atom. The second-order valence-electron chi connectivity index (χ2n) is 10.8. The van der Waals surface area contributed by atoms with Crippen LogP contribution in [0, 0.1) is 5.82 Å². The summed E-state index contributed by atoms with van der Waals surface area (Å²) in [6.45, 7) is 9.36. The number of rotatable bonds is 9. The number of halogens is 1. The van der Waals surface area contributed by atoms with E-state index in [9.17, 15) is 14.0 Å². The number of benzene rings is 2. The van der Waals surface area contributed by atoms with Crippen LogP contribution in [0.1, 0.15) is 58.9 Å². The zero-order valence-corrected chi connectivity index (χ0v) is 23.5. The molecule has 0 saturated carbocycles. The van der Waals surface area contributed by atoms with E-state index in [0.717, 1.165) is 31.4 Å². The Morgan fingerprint density at radius 2 is 1.85 bits per heavy atom. The lowest BCUT2D eigenvalue weighted by Gasteiger charge is -2.36. The second-order valence-corrected chi connectivity index (χ2v) is 10.8. The molecule has 0 aliphatic carbocycles. The van der Waals surface area contributed by atoms with Crippen LogP contribution < -0.4 is 14.4 Å². The van der Waals surface area contributed by atoms with Crippen molar-refractivity contribution in [3.8, 4) is 11.5 Å². The third kappa shape index (κ3) is 6.64. The molecule has 1 saturated heterocycles. The van der Waals surface area contributed by atoms with Crippen molar-refractivity contribution in [1.82, 2.24) is 9.47 Å². The lowest BCUT2D eigenvalue weighted by atomic mass is 10.1. The van der Waals surface area contributed by atoms with Gasteiger partial charge in [0.2, 0.25) is 0 Å². The monoisotopic (exact) mass is 539 g/mol. The van der Waals surface area contributed by atoms with Gasteiger partial charge in [-0.2, -0.15) is 0 Å². The van der Waals surface area contributed by atoms with E-state index >= 15 is 0 Å². The van der Waals surface area contributed by atoms with Gasteiger partial charge in [0.1, 0.15) is 11.4 Å². The zero-order valence-electron chi connectivity index (χ0n) is 23.5. The molecule has 0 radical (unpaired) electrons. The number of hydrogen-bond donors (Lipinski definition) is 0. The molecule has 0 N–H and O–H groups in total. The van der Waals surface area contributed by atoms with Crippen molar-refractivity contribution in [3.63, 3.8) is 0 Å². The molecule has 2 heterocycles. The Balaban J connectivity index is 1.56. The number of unbranched alkanes of at least 4 members (excludes halogenated alkanes) is 2. The smallest absolute Gasteiger partial charge is 0.418 e. The van der Waals surface area contributed by atoms with Crippen LogP contribution in [0.2, 0.25) is 0 Å². The fourth-order valence-corrected chi connectivity index (χ4v) is 4.73. The first-order valence-electron chi connectivity index (χ1n) is 13.5. The maximum absolute atomic E-state index is 14.7. The third-order valence-electron chi connectivity index (χ3n) is 6.59. The molecule has 4 rings (SSSR count). The number of carbonyl (C=O) groups excluding carboxylic acids is 2. The van der Waals surface area contributed by atoms with E-state index in [4.69, 9.17) is 14.2 Å². The van der Waals surface area contributed by atoms with E-state index in [1.54, 1.807) is 49.9 Å². The molecule has 0 unspecified atom stereocenters. The summed E-state index contributed by atoms with van der Waals surface area (Å²) in [6.07, 6.45) is 4.87. The molecule has 39 heavy (non-hydrogen) atoms. The Morgan fingerprint density at radius 3 is 2.56 bits per heavy atom. The van der Waals surface area contributed by atoms with E-state index in [0.29, 0.717) is 47.7 Å². The van der Waals surface area contributed by atoms with Crippen LogP contribution in [0.5, 0.6) is 11.5 Å². The van der Waals surface area contributed by atoms with Crippen LogP contribution >= 0.6 is 0 Å². The molecular weight excluding hydrogens is 501 g/mol. The summed E-state index contributed by atoms with van der Waals surface area (Å²) in [5.74, 6) is 0.738. The lowest BCUT2D eigenvalue weighted by molar-refractivity contribution is 0.0544. The molecular formula is C30H38FN3O5. The molecule has 2 aromatic carbocycles. The molecule has 1 aromatic heterocycles. The molecule has 9 heteroatoms. The zero-order chi connectivity index (χ0) is 28.2. The minimum Gasteiger partial charge on any atom is -0.493 e. The van der Waals surface area contributed by atoms with Gasteiger partial charge in [-0.15, -0.1) is 0 Å². The number of ether oxygens (including phenoxy) is 3. The molecule has 1 aliphatic rings. The van der Waals surface area contributed by atoms with Crippen LogP contribution in [-0.2, 0) is 11.3 Å². The highest BCUT2D eigenvalue weighted by atomic mass is 19.1. The summed E-state index contributed by atoms with van der Waals surface area (Å²) < 4.78 is 32.9. The van der Waals surface area contributed by atoms with Crippen molar-refractivity contribution in [2.24, 2.45) is 0 Å². The van der Waals surface area contributed by atoms with Gasteiger partial charge in [0, 0.05) is 43.0 Å². The SMILES string of the molecule is CCCCCOc1cc(N2CCCN(Cc3cc(F)cc4c3ccn4C(=O)OC(C)(C)C)C2=O)ccc1OC. The third-order valence-corrected chi connectivity index (χ3v) is 6.59. The van der Waals surface area contributed by atoms with Crippen molar-refractivity contribution in [1.29, 1.82) is 0 Å². The molecule has 0 atom stereocenters. The van der Waals surface area contributed by atoms with Gasteiger partial charge in [-0.25, -0.2) is 14.0 Å². The van der Waals surface area contributed by atoms with Gasteiger partial charge in [-0.3, -0.25) is 9.47 Å². The summed E-state index contributed by atoms with van der Waals surface area (Å²) >= 11 is 0. The number of hydrogen-bond acceptors (Lipinski definition) is 5. The quantitative estimate of drug-likeness (QED) is 0.275. The molecule has 2 amide bonds. The van der Waals surface area contributed by atoms with Crippen molar-refractivity contribution < 1.29 is 28.2 Å². The van der Waals surface area contributed by atoms with E-state index in [-0.39, 0.29) is 12.6 Å². The van der Waals surface area contributed by atoms with Crippen molar-refractivity contribution in [2.45, 2.75) is 65.5 Å². The van der Waals surface area contributed by atoms with Crippen molar-refractivity contribution in [2.75, 3.05) is 31.7 Å². The number of nitrogens with zero attached hydrogens (tertiary/aromatic N) is 3. The van der Waals surface area contributed by atoms with Gasteiger partial charge in [0.25, 0.3) is 0 Å². The standard InChI is InChI=1S/C30H38FN3O5/c1-6-7-8-16-38-27-19-23(10-11-26(27)37-5)33-14-9-13-32(28(33)35)20-21-17-22(31)18-25-24(21)12-15-34(25)29(36)39-30(2,3)4/h10-12,15,17-19H,6-9,13-14,16,20H2,1-5H3. The molecule has 0 spiro atoms. The number of fused-ring (bicyclic) bond motifs is 1. The first-order valence-corrected chi connectivity index (χ1v) is 13.5. The first kappa shape index (κ1) is 28.3. The summed E-state index contributed by atoms with van der Waals surface area (Å²) in [5.41, 5.74) is 1.06. The molecule has 1 fully saturated rings. The minimum atomic E-state index is -0.685. The normalized spacial score (nSPS) is 14.2. The molecule has 8 nitrogen and oxygen atoms in total. The maximum Gasteiger partial charge on any atom is 0.418 e. The highest BCUT2D eigenvalue weighted by Crippen LogP contribution is 2.34. The number of carbonyl (C=O) groups is 2. The van der Waals surface area contributed by atoms with Crippen molar-refractivity contribution >= 4 is 28.7 Å². The predicted octanol–water partition coefficient (Wildman–Crippen LogP) is 6.97. The van der Waals surface area contributed by atoms with Gasteiger partial charge in [0.05, 0.1) is 19.2 Å². The van der Waals surface area contributed by atoms with Crippen molar-refractivity contribution in [3.05, 3.63) is 54.0 Å². The van der Waals surface area contributed by atoms with E-state index < -0.39 is 17.5 Å². The highest BCUT2D eigenvalue weighted by molar-refractivity contribution is 5.94. The van der Waals surface area contributed by atoms with Gasteiger partial charge in [-0.05, 0) is 69.5 Å². The summed E-state index contributed by atoms with van der Waals surface area (Å²) in [4.78, 5) is 29.7. The topological polar surface area (TPSA) is 73.2 Å². The highest BCUT2D eigenvalue weighted by Gasteiger charge is 2.29. The number of urea groups is 1. The number of amides is 2. The number of methoxy groups -OCH3 is 1. The average molecular weight is 540 g/mol. The van der Waals surface area contributed by atoms with Crippen LogP contribution in [0.4, 0.5) is 19.7 Å². The van der Waals surface area contributed by atoms with Crippen LogP contribution in [-0.4, -0.2) is 54.0 Å². The number of anilines is 1. The van der Waals surface area contributed by atoms with Gasteiger partial charge in [0.15, 0.2) is 11.5 Å². The average Bonchev–Trinajstić information content (AvgIpc) is 3.31. The lowest BCUT2D eigenvalue weighted by Crippen LogP contribution is -2.49. The largest absolute Gasteiger partial charge is 0.493 e. The summed E-state index contributed by atoms with van der Waals surface area (Å²) in [5, 5.41) is 0.694. The van der Waals surface area contributed by atoms with Gasteiger partial charge in [-0.1, -0.05) is 19.8 Å². The summed E-state index contributed by atoms with van der Waals surface area (Å²) in [7, 11) is 1.59. The van der Waals surface area contributed by atoms with Crippen LogP contribution in [0.15, 0.2) is 42.6 Å². The summed E-state index contributed by atoms with van der Waals surface area (Å²) in [6, 6.07) is 9.81.